The van der Waals surface area contributed by atoms with Crippen molar-refractivity contribution in [1.29, 1.82) is 0 Å². The number of fused-ring (bicyclic) bond motifs is 4. The smallest absolute Gasteiger partial charge is 0.112 e. The maximum absolute atomic E-state index is 4.76. The zero-order valence-corrected chi connectivity index (χ0v) is 29.0. The van der Waals surface area contributed by atoms with E-state index in [1.54, 1.807) is 11.1 Å². The number of rotatable bonds is 19. The van der Waals surface area contributed by atoms with Crippen molar-refractivity contribution < 1.29 is 0 Å². The minimum Gasteiger partial charge on any atom is -0.173 e. The molecule has 0 unspecified atom stereocenters. The maximum atomic E-state index is 4.76. The summed E-state index contributed by atoms with van der Waals surface area (Å²) in [5.41, 5.74) is 13.4. The first-order chi connectivity index (χ1) is 21.6. The summed E-state index contributed by atoms with van der Waals surface area (Å²) in [7, 11) is 0. The van der Waals surface area contributed by atoms with Crippen molar-refractivity contribution in [3.05, 3.63) is 70.8 Å². The molecule has 236 valence electrons. The Morgan fingerprint density at radius 3 is 1.64 bits per heavy atom. The Kier molecular flexibility index (Phi) is 12.1. The molecule has 0 bridgehead atoms. The Bertz CT molecular complexity index is 1460. The van der Waals surface area contributed by atoms with Crippen LogP contribution in [0.5, 0.6) is 0 Å². The molecule has 5 rings (SSSR count). The summed E-state index contributed by atoms with van der Waals surface area (Å²) >= 11 is 1.34. The molecule has 0 N–H and O–H groups in total. The van der Waals surface area contributed by atoms with E-state index in [2.05, 4.69) is 80.6 Å². The molecule has 1 aliphatic carbocycles. The number of nitrogens with zero attached hydrogens (tertiary/aromatic N) is 2. The van der Waals surface area contributed by atoms with Gasteiger partial charge in [0.15, 0.2) is 0 Å². The van der Waals surface area contributed by atoms with Crippen molar-refractivity contribution in [3.8, 4) is 22.3 Å². The monoisotopic (exact) mass is 608 g/mol. The average Bonchev–Trinajstić information content (AvgIpc) is 3.63. The van der Waals surface area contributed by atoms with Gasteiger partial charge in [0.05, 0.1) is 11.7 Å². The van der Waals surface area contributed by atoms with E-state index in [0.29, 0.717) is 0 Å². The Balaban J connectivity index is 1.44. The van der Waals surface area contributed by atoms with Crippen LogP contribution < -0.4 is 0 Å². The SMILES string of the molecule is CCCCCCCCCCC1(CCCCCCCCCC)c2cc(C)ccc2-c2ccc(-c3ccc(C)c4nsnc34)cc21. The quantitative estimate of drug-likeness (QED) is 0.0990. The van der Waals surface area contributed by atoms with Crippen LogP contribution in [0.3, 0.4) is 0 Å². The van der Waals surface area contributed by atoms with Gasteiger partial charge in [-0.15, -0.1) is 0 Å². The van der Waals surface area contributed by atoms with Crippen molar-refractivity contribution in [2.24, 2.45) is 0 Å². The summed E-state index contributed by atoms with van der Waals surface area (Å²) in [4.78, 5) is 0. The fraction of sp³-hybridized carbons (Fsp3) is 0.561. The zero-order chi connectivity index (χ0) is 30.8. The largest absolute Gasteiger partial charge is 0.173 e. The van der Waals surface area contributed by atoms with Crippen LogP contribution in [0.25, 0.3) is 33.3 Å². The lowest BCUT2D eigenvalue weighted by molar-refractivity contribution is 0.397. The second kappa shape index (κ2) is 16.2. The van der Waals surface area contributed by atoms with Crippen LogP contribution in [0.15, 0.2) is 48.5 Å². The highest BCUT2D eigenvalue weighted by molar-refractivity contribution is 7.00. The number of benzene rings is 3. The topological polar surface area (TPSA) is 25.8 Å². The summed E-state index contributed by atoms with van der Waals surface area (Å²) in [5.74, 6) is 0. The highest BCUT2D eigenvalue weighted by Crippen LogP contribution is 2.55. The molecule has 3 aromatic carbocycles. The molecule has 44 heavy (non-hydrogen) atoms. The van der Waals surface area contributed by atoms with E-state index >= 15 is 0 Å². The Morgan fingerprint density at radius 1 is 0.523 bits per heavy atom. The highest BCUT2D eigenvalue weighted by Gasteiger charge is 2.42. The van der Waals surface area contributed by atoms with Crippen molar-refractivity contribution in [2.45, 2.75) is 149 Å². The lowest BCUT2D eigenvalue weighted by Gasteiger charge is -2.33. The molecule has 1 aliphatic rings. The second-order valence-corrected chi connectivity index (χ2v) is 14.3. The standard InChI is InChI=1S/C41H56N2S/c1-5-7-9-11-13-15-17-19-27-41(28-20-18-16-14-12-10-8-6-2)37-29-31(3)21-24-35(37)36-26-23-33(30-38(36)41)34-25-22-32(4)39-40(34)43-44-42-39/h21-26,29-30H,5-20,27-28H2,1-4H3. The lowest BCUT2D eigenvalue weighted by atomic mass is 9.70. The molecule has 0 saturated heterocycles. The third-order valence-electron chi connectivity index (χ3n) is 10.4. The third kappa shape index (κ3) is 7.47. The molecule has 0 saturated carbocycles. The molecule has 3 heteroatoms. The summed E-state index contributed by atoms with van der Waals surface area (Å²) in [6, 6.07) is 19.1. The van der Waals surface area contributed by atoms with Gasteiger partial charge in [0.1, 0.15) is 11.0 Å². The molecule has 0 atom stereocenters. The van der Waals surface area contributed by atoms with E-state index in [0.717, 1.165) is 11.0 Å². The minimum absolute atomic E-state index is 0.0985. The fourth-order valence-corrected chi connectivity index (χ4v) is 8.40. The third-order valence-corrected chi connectivity index (χ3v) is 10.9. The first-order valence-corrected chi connectivity index (χ1v) is 18.8. The van der Waals surface area contributed by atoms with E-state index < -0.39 is 0 Å². The van der Waals surface area contributed by atoms with Gasteiger partial charge < -0.3 is 0 Å². The van der Waals surface area contributed by atoms with Crippen LogP contribution in [-0.4, -0.2) is 8.75 Å². The number of hydrogen-bond donors (Lipinski definition) is 0. The van der Waals surface area contributed by atoms with Gasteiger partial charge in [-0.3, -0.25) is 0 Å². The highest BCUT2D eigenvalue weighted by atomic mass is 32.1. The van der Waals surface area contributed by atoms with E-state index in [9.17, 15) is 0 Å². The van der Waals surface area contributed by atoms with Crippen molar-refractivity contribution >= 4 is 22.8 Å². The number of hydrogen-bond acceptors (Lipinski definition) is 3. The predicted molar refractivity (Wildman–Crippen MR) is 193 cm³/mol. The van der Waals surface area contributed by atoms with Crippen LogP contribution >= 0.6 is 11.7 Å². The lowest BCUT2D eigenvalue weighted by Crippen LogP contribution is -2.25. The molecule has 4 aromatic rings. The van der Waals surface area contributed by atoms with Gasteiger partial charge in [-0.2, -0.15) is 8.75 Å². The molecule has 0 spiro atoms. The van der Waals surface area contributed by atoms with Crippen LogP contribution in [0.2, 0.25) is 0 Å². The molecular weight excluding hydrogens is 553 g/mol. The first-order valence-electron chi connectivity index (χ1n) is 18.1. The van der Waals surface area contributed by atoms with E-state index in [1.807, 2.05) is 0 Å². The van der Waals surface area contributed by atoms with Gasteiger partial charge in [0.2, 0.25) is 0 Å². The fourth-order valence-electron chi connectivity index (χ4n) is 7.78. The van der Waals surface area contributed by atoms with Gasteiger partial charge in [0.25, 0.3) is 0 Å². The minimum atomic E-state index is 0.0985. The van der Waals surface area contributed by atoms with Crippen molar-refractivity contribution in [1.82, 2.24) is 8.75 Å². The molecule has 0 fully saturated rings. The Hall–Kier alpha value is -2.52. The molecule has 2 nitrogen and oxygen atoms in total. The van der Waals surface area contributed by atoms with Gasteiger partial charge >= 0.3 is 0 Å². The Morgan fingerprint density at radius 2 is 1.02 bits per heavy atom. The van der Waals surface area contributed by atoms with Crippen molar-refractivity contribution in [2.75, 3.05) is 0 Å². The molecule has 0 aliphatic heterocycles. The summed E-state index contributed by atoms with van der Waals surface area (Å²) in [5, 5.41) is 0. The second-order valence-electron chi connectivity index (χ2n) is 13.7. The van der Waals surface area contributed by atoms with Crippen molar-refractivity contribution in [3.63, 3.8) is 0 Å². The average molecular weight is 609 g/mol. The first kappa shape index (κ1) is 32.9. The number of unbranched alkanes of at least 4 members (excludes halogenated alkanes) is 14. The van der Waals surface area contributed by atoms with Gasteiger partial charge in [0, 0.05) is 11.0 Å². The van der Waals surface area contributed by atoms with Gasteiger partial charge in [-0.25, -0.2) is 0 Å². The Labute approximate surface area is 272 Å². The molecule has 1 heterocycles. The van der Waals surface area contributed by atoms with E-state index in [4.69, 9.17) is 4.37 Å². The maximum Gasteiger partial charge on any atom is 0.112 e. The predicted octanol–water partition coefficient (Wildman–Crippen LogP) is 13.3. The summed E-state index contributed by atoms with van der Waals surface area (Å²) in [6.45, 7) is 9.05. The zero-order valence-electron chi connectivity index (χ0n) is 28.1. The number of aryl methyl sites for hydroxylation is 2. The van der Waals surface area contributed by atoms with Gasteiger partial charge in [-0.1, -0.05) is 165 Å². The van der Waals surface area contributed by atoms with Crippen LogP contribution in [0.4, 0.5) is 0 Å². The summed E-state index contributed by atoms with van der Waals surface area (Å²) in [6.07, 6.45) is 24.4. The van der Waals surface area contributed by atoms with Crippen LogP contribution in [0, 0.1) is 13.8 Å². The van der Waals surface area contributed by atoms with Crippen LogP contribution in [-0.2, 0) is 5.41 Å². The molecule has 0 radical (unpaired) electrons. The van der Waals surface area contributed by atoms with Gasteiger partial charge in [-0.05, 0) is 66.1 Å². The van der Waals surface area contributed by atoms with E-state index in [-0.39, 0.29) is 5.41 Å². The van der Waals surface area contributed by atoms with Crippen LogP contribution in [0.1, 0.15) is 152 Å². The molecule has 1 aromatic heterocycles. The number of aromatic nitrogens is 2. The normalized spacial score (nSPS) is 13.5. The molecule has 0 amide bonds. The summed E-state index contributed by atoms with van der Waals surface area (Å²) < 4.78 is 9.40. The molecular formula is C41H56N2S. The van der Waals surface area contributed by atoms with E-state index in [1.165, 1.54) is 161 Å².